The highest BCUT2D eigenvalue weighted by Crippen LogP contribution is 2.35. The van der Waals surface area contributed by atoms with E-state index in [9.17, 15) is 4.79 Å². The molecule has 4 nitrogen and oxygen atoms in total. The van der Waals surface area contributed by atoms with Gasteiger partial charge in [-0.25, -0.2) is 0 Å². The molecule has 1 fully saturated rings. The molecule has 1 amide bonds. The van der Waals surface area contributed by atoms with Gasteiger partial charge in [0, 0.05) is 19.1 Å². The molecule has 1 aromatic heterocycles. The Morgan fingerprint density at radius 1 is 1.71 bits per heavy atom. The molecule has 1 aliphatic heterocycles. The molecule has 0 aromatic carbocycles. The first kappa shape index (κ1) is 12.5. The van der Waals surface area contributed by atoms with E-state index in [1.165, 1.54) is 5.56 Å². The largest absolute Gasteiger partial charge is 0.369 e. The number of hydrogen-bond acceptors (Lipinski definition) is 4. The average Bonchev–Trinajstić information content (AvgIpc) is 2.91. The number of amides is 1. The van der Waals surface area contributed by atoms with E-state index in [4.69, 9.17) is 11.5 Å². The molecule has 17 heavy (non-hydrogen) atoms. The minimum Gasteiger partial charge on any atom is -0.369 e. The van der Waals surface area contributed by atoms with Crippen LogP contribution in [0, 0.1) is 5.41 Å². The highest BCUT2D eigenvalue weighted by molar-refractivity contribution is 7.07. The fourth-order valence-electron chi connectivity index (χ4n) is 2.42. The quantitative estimate of drug-likeness (QED) is 0.839. The van der Waals surface area contributed by atoms with Crippen molar-refractivity contribution in [1.82, 2.24) is 4.90 Å². The number of carbonyl (C=O) groups is 1. The maximum absolute atomic E-state index is 11.4. The van der Waals surface area contributed by atoms with Crippen molar-refractivity contribution in [1.29, 1.82) is 0 Å². The molecule has 2 unspecified atom stereocenters. The topological polar surface area (TPSA) is 72.4 Å². The summed E-state index contributed by atoms with van der Waals surface area (Å²) >= 11 is 1.67. The SMILES string of the molecule is CC1(C(N)=O)CCN(C(CN)c2ccsc2)C1. The Morgan fingerprint density at radius 3 is 2.94 bits per heavy atom. The van der Waals surface area contributed by atoms with Gasteiger partial charge in [0.05, 0.1) is 5.41 Å². The first-order valence-corrected chi connectivity index (χ1v) is 6.77. The smallest absolute Gasteiger partial charge is 0.224 e. The van der Waals surface area contributed by atoms with E-state index in [0.717, 1.165) is 13.0 Å². The standard InChI is InChI=1S/C12H19N3OS/c1-12(11(14)16)3-4-15(8-12)10(6-13)9-2-5-17-7-9/h2,5,7,10H,3-4,6,8,13H2,1H3,(H2,14,16). The molecule has 1 aliphatic rings. The van der Waals surface area contributed by atoms with Gasteiger partial charge in [0.1, 0.15) is 0 Å². The summed E-state index contributed by atoms with van der Waals surface area (Å²) < 4.78 is 0. The first-order valence-electron chi connectivity index (χ1n) is 5.83. The van der Waals surface area contributed by atoms with E-state index in [1.807, 2.05) is 6.92 Å². The molecular weight excluding hydrogens is 234 g/mol. The molecule has 0 aliphatic carbocycles. The zero-order valence-electron chi connectivity index (χ0n) is 10.1. The molecule has 2 atom stereocenters. The Morgan fingerprint density at radius 2 is 2.47 bits per heavy atom. The Kier molecular flexibility index (Phi) is 3.51. The van der Waals surface area contributed by atoms with E-state index in [0.29, 0.717) is 13.1 Å². The predicted octanol–water partition coefficient (Wildman–Crippen LogP) is 0.945. The molecule has 4 N–H and O–H groups in total. The van der Waals surface area contributed by atoms with Gasteiger partial charge >= 0.3 is 0 Å². The Balaban J connectivity index is 2.12. The number of carbonyl (C=O) groups excluding carboxylic acids is 1. The second kappa shape index (κ2) is 4.76. The lowest BCUT2D eigenvalue weighted by Crippen LogP contribution is -2.39. The van der Waals surface area contributed by atoms with Crippen LogP contribution >= 0.6 is 11.3 Å². The Bertz CT molecular complexity index is 392. The van der Waals surface area contributed by atoms with Crippen molar-refractivity contribution >= 4 is 17.2 Å². The molecule has 0 bridgehead atoms. The minimum atomic E-state index is -0.399. The van der Waals surface area contributed by atoms with Crippen LogP contribution < -0.4 is 11.5 Å². The summed E-state index contributed by atoms with van der Waals surface area (Å²) in [5.41, 5.74) is 12.2. The van der Waals surface area contributed by atoms with Crippen LogP contribution in [-0.4, -0.2) is 30.4 Å². The normalized spacial score (nSPS) is 27.2. The van der Waals surface area contributed by atoms with Crippen LogP contribution in [0.3, 0.4) is 0 Å². The predicted molar refractivity (Wildman–Crippen MR) is 69.6 cm³/mol. The maximum Gasteiger partial charge on any atom is 0.224 e. The van der Waals surface area contributed by atoms with Crippen LogP contribution in [0.5, 0.6) is 0 Å². The molecule has 5 heteroatoms. The van der Waals surface area contributed by atoms with Crippen molar-refractivity contribution in [3.63, 3.8) is 0 Å². The second-order valence-electron chi connectivity index (χ2n) is 4.95. The van der Waals surface area contributed by atoms with Crippen LogP contribution in [0.25, 0.3) is 0 Å². The third kappa shape index (κ3) is 2.36. The van der Waals surface area contributed by atoms with Gasteiger partial charge in [-0.3, -0.25) is 9.69 Å². The van der Waals surface area contributed by atoms with Crippen molar-refractivity contribution in [2.24, 2.45) is 16.9 Å². The van der Waals surface area contributed by atoms with Gasteiger partial charge in [-0.05, 0) is 42.3 Å². The average molecular weight is 253 g/mol. The fraction of sp³-hybridized carbons (Fsp3) is 0.583. The second-order valence-corrected chi connectivity index (χ2v) is 5.73. The molecule has 94 valence electrons. The van der Waals surface area contributed by atoms with Gasteiger partial charge in [0.25, 0.3) is 0 Å². The molecule has 2 heterocycles. The summed E-state index contributed by atoms with van der Waals surface area (Å²) in [5, 5.41) is 4.18. The lowest BCUT2D eigenvalue weighted by atomic mass is 9.89. The van der Waals surface area contributed by atoms with Gasteiger partial charge in [0.2, 0.25) is 5.91 Å². The van der Waals surface area contributed by atoms with Crippen molar-refractivity contribution in [2.45, 2.75) is 19.4 Å². The van der Waals surface area contributed by atoms with Gasteiger partial charge in [0.15, 0.2) is 0 Å². The van der Waals surface area contributed by atoms with Crippen LogP contribution in [0.2, 0.25) is 0 Å². The summed E-state index contributed by atoms with van der Waals surface area (Å²) in [5.74, 6) is -0.207. The minimum absolute atomic E-state index is 0.207. The molecular formula is C12H19N3OS. The van der Waals surface area contributed by atoms with Gasteiger partial charge in [-0.2, -0.15) is 11.3 Å². The van der Waals surface area contributed by atoms with Crippen molar-refractivity contribution < 1.29 is 4.79 Å². The van der Waals surface area contributed by atoms with Crippen LogP contribution in [-0.2, 0) is 4.79 Å². The number of thiophene rings is 1. The summed E-state index contributed by atoms with van der Waals surface area (Å²) in [6.07, 6.45) is 0.822. The lowest BCUT2D eigenvalue weighted by Gasteiger charge is -2.27. The highest BCUT2D eigenvalue weighted by Gasteiger charge is 2.41. The van der Waals surface area contributed by atoms with Gasteiger partial charge < -0.3 is 11.5 Å². The van der Waals surface area contributed by atoms with Crippen molar-refractivity contribution in [3.8, 4) is 0 Å². The van der Waals surface area contributed by atoms with Crippen molar-refractivity contribution in [2.75, 3.05) is 19.6 Å². The molecule has 0 saturated carbocycles. The molecule has 1 saturated heterocycles. The van der Waals surface area contributed by atoms with E-state index in [1.54, 1.807) is 11.3 Å². The van der Waals surface area contributed by atoms with E-state index >= 15 is 0 Å². The molecule has 2 rings (SSSR count). The highest BCUT2D eigenvalue weighted by atomic mass is 32.1. The van der Waals surface area contributed by atoms with E-state index in [-0.39, 0.29) is 11.9 Å². The number of nitrogens with two attached hydrogens (primary N) is 2. The number of likely N-dealkylation sites (tertiary alicyclic amines) is 1. The van der Waals surface area contributed by atoms with E-state index < -0.39 is 5.41 Å². The maximum atomic E-state index is 11.4. The van der Waals surface area contributed by atoms with Crippen LogP contribution in [0.1, 0.15) is 24.9 Å². The van der Waals surface area contributed by atoms with Crippen LogP contribution in [0.15, 0.2) is 16.8 Å². The van der Waals surface area contributed by atoms with Gasteiger partial charge in [-0.15, -0.1) is 0 Å². The summed E-state index contributed by atoms with van der Waals surface area (Å²) in [7, 11) is 0. The zero-order chi connectivity index (χ0) is 12.5. The molecule has 1 aromatic rings. The summed E-state index contributed by atoms with van der Waals surface area (Å²) in [6, 6.07) is 2.31. The third-order valence-corrected chi connectivity index (χ3v) is 4.39. The number of nitrogens with zero attached hydrogens (tertiary/aromatic N) is 1. The Labute approximate surface area is 106 Å². The monoisotopic (exact) mass is 253 g/mol. The third-order valence-electron chi connectivity index (χ3n) is 3.69. The fourth-order valence-corrected chi connectivity index (χ4v) is 3.13. The number of hydrogen-bond donors (Lipinski definition) is 2. The van der Waals surface area contributed by atoms with Crippen molar-refractivity contribution in [3.05, 3.63) is 22.4 Å². The zero-order valence-corrected chi connectivity index (χ0v) is 10.9. The lowest BCUT2D eigenvalue weighted by molar-refractivity contribution is -0.126. The Hall–Kier alpha value is -0.910. The summed E-state index contributed by atoms with van der Waals surface area (Å²) in [4.78, 5) is 13.7. The summed E-state index contributed by atoms with van der Waals surface area (Å²) in [6.45, 7) is 4.11. The first-order chi connectivity index (χ1) is 8.07. The van der Waals surface area contributed by atoms with Crippen LogP contribution in [0.4, 0.5) is 0 Å². The number of primary amides is 1. The number of rotatable bonds is 4. The van der Waals surface area contributed by atoms with E-state index in [2.05, 4.69) is 21.7 Å². The van der Waals surface area contributed by atoms with Gasteiger partial charge in [-0.1, -0.05) is 0 Å². The molecule has 0 spiro atoms. The molecule has 0 radical (unpaired) electrons.